The zero-order chi connectivity index (χ0) is 11.2. The van der Waals surface area contributed by atoms with E-state index in [1.807, 2.05) is 37.7 Å². The first-order valence-electron chi connectivity index (χ1n) is 5.24. The summed E-state index contributed by atoms with van der Waals surface area (Å²) < 4.78 is 1.84. The van der Waals surface area contributed by atoms with Crippen LogP contribution in [-0.2, 0) is 11.3 Å². The van der Waals surface area contributed by atoms with Crippen molar-refractivity contribution >= 4 is 5.97 Å². The van der Waals surface area contributed by atoms with Gasteiger partial charge in [0.1, 0.15) is 0 Å². The summed E-state index contributed by atoms with van der Waals surface area (Å²) in [5.74, 6) is -0.920. The maximum atomic E-state index is 11.0. The maximum absolute atomic E-state index is 11.0. The Kier molecular flexibility index (Phi) is 2.10. The van der Waals surface area contributed by atoms with Gasteiger partial charge in [0.05, 0.1) is 11.6 Å². The van der Waals surface area contributed by atoms with Crippen molar-refractivity contribution in [3.63, 3.8) is 0 Å². The van der Waals surface area contributed by atoms with Gasteiger partial charge in [0.15, 0.2) is 0 Å². The lowest BCUT2D eigenvalue weighted by molar-refractivity contribution is -0.139. The Morgan fingerprint density at radius 1 is 1.67 bits per heavy atom. The first-order valence-corrected chi connectivity index (χ1v) is 5.24. The first-order chi connectivity index (χ1) is 6.98. The molecular formula is C11H16N2O2. The molecule has 0 bridgehead atoms. The molecule has 0 spiro atoms. The zero-order valence-electron chi connectivity index (χ0n) is 9.27. The molecule has 15 heavy (non-hydrogen) atoms. The third-order valence-electron chi connectivity index (χ3n) is 3.40. The van der Waals surface area contributed by atoms with Crippen LogP contribution >= 0.6 is 0 Å². The molecule has 82 valence electrons. The van der Waals surface area contributed by atoms with Crippen LogP contribution in [0.3, 0.4) is 0 Å². The molecule has 1 aromatic rings. The summed E-state index contributed by atoms with van der Waals surface area (Å²) in [6, 6.07) is 1.93. The smallest absolute Gasteiger partial charge is 0.307 e. The predicted molar refractivity (Wildman–Crippen MR) is 55.5 cm³/mol. The fourth-order valence-corrected chi connectivity index (χ4v) is 2.37. The SMILES string of the molecule is CCn1ccc([C@@H]2[C@@H](C(=O)O)C2(C)C)n1. The molecule has 1 aliphatic rings. The van der Waals surface area contributed by atoms with E-state index in [0.717, 1.165) is 12.2 Å². The van der Waals surface area contributed by atoms with Crippen molar-refractivity contribution in [2.75, 3.05) is 0 Å². The second-order valence-corrected chi connectivity index (χ2v) is 4.71. The molecule has 0 aliphatic heterocycles. The summed E-state index contributed by atoms with van der Waals surface area (Å²) in [4.78, 5) is 11.0. The van der Waals surface area contributed by atoms with Gasteiger partial charge in [0.2, 0.25) is 0 Å². The van der Waals surface area contributed by atoms with Gasteiger partial charge in [-0.1, -0.05) is 13.8 Å². The molecule has 4 nitrogen and oxygen atoms in total. The Morgan fingerprint density at radius 2 is 2.33 bits per heavy atom. The summed E-state index contributed by atoms with van der Waals surface area (Å²) in [6.45, 7) is 6.82. The second kappa shape index (κ2) is 3.08. The Balaban J connectivity index is 2.23. The average molecular weight is 208 g/mol. The molecule has 1 aromatic heterocycles. The summed E-state index contributed by atoms with van der Waals surface area (Å²) in [5, 5.41) is 13.4. The van der Waals surface area contributed by atoms with Crippen molar-refractivity contribution in [3.8, 4) is 0 Å². The Hall–Kier alpha value is -1.32. The van der Waals surface area contributed by atoms with Gasteiger partial charge >= 0.3 is 5.97 Å². The molecule has 1 heterocycles. The van der Waals surface area contributed by atoms with Crippen molar-refractivity contribution in [2.45, 2.75) is 33.2 Å². The highest BCUT2D eigenvalue weighted by Gasteiger charge is 2.63. The number of rotatable bonds is 3. The fraction of sp³-hybridized carbons (Fsp3) is 0.636. The predicted octanol–water partition coefficient (Wildman–Crippen LogP) is 1.73. The van der Waals surface area contributed by atoms with E-state index in [1.54, 1.807) is 0 Å². The van der Waals surface area contributed by atoms with Crippen molar-refractivity contribution < 1.29 is 9.90 Å². The fourth-order valence-electron chi connectivity index (χ4n) is 2.37. The van der Waals surface area contributed by atoms with E-state index in [0.29, 0.717) is 0 Å². The van der Waals surface area contributed by atoms with Crippen LogP contribution in [0.1, 0.15) is 32.4 Å². The summed E-state index contributed by atoms with van der Waals surface area (Å²) in [7, 11) is 0. The van der Waals surface area contributed by atoms with Gasteiger partial charge in [-0.2, -0.15) is 5.10 Å². The number of nitrogens with zero attached hydrogens (tertiary/aromatic N) is 2. The van der Waals surface area contributed by atoms with Gasteiger partial charge in [-0.3, -0.25) is 9.48 Å². The van der Waals surface area contributed by atoms with Gasteiger partial charge in [0, 0.05) is 18.7 Å². The van der Waals surface area contributed by atoms with Gasteiger partial charge in [-0.05, 0) is 18.4 Å². The number of hydrogen-bond acceptors (Lipinski definition) is 2. The van der Waals surface area contributed by atoms with Gasteiger partial charge < -0.3 is 5.11 Å². The van der Waals surface area contributed by atoms with Crippen LogP contribution in [0, 0.1) is 11.3 Å². The Morgan fingerprint density at radius 3 is 2.73 bits per heavy atom. The zero-order valence-corrected chi connectivity index (χ0v) is 9.27. The first kappa shape index (κ1) is 10.2. The van der Waals surface area contributed by atoms with Crippen LogP contribution in [0.15, 0.2) is 12.3 Å². The van der Waals surface area contributed by atoms with Crippen molar-refractivity contribution in [1.82, 2.24) is 9.78 Å². The number of aryl methyl sites for hydroxylation is 1. The lowest BCUT2D eigenvalue weighted by Crippen LogP contribution is -2.03. The maximum Gasteiger partial charge on any atom is 0.307 e. The van der Waals surface area contributed by atoms with E-state index in [-0.39, 0.29) is 17.3 Å². The van der Waals surface area contributed by atoms with Gasteiger partial charge in [-0.25, -0.2) is 0 Å². The number of carboxylic acid groups (broad SMARTS) is 1. The minimum absolute atomic E-state index is 0.0720. The van der Waals surface area contributed by atoms with E-state index < -0.39 is 5.97 Å². The standard InChI is InChI=1S/C11H16N2O2/c1-4-13-6-5-7(12-13)8-9(10(14)15)11(8,2)3/h5-6,8-9H,4H2,1-3H3,(H,14,15)/t8-,9+/m1/s1. The van der Waals surface area contributed by atoms with E-state index in [2.05, 4.69) is 5.10 Å². The lowest BCUT2D eigenvalue weighted by Gasteiger charge is -1.98. The Labute approximate surface area is 88.9 Å². The van der Waals surface area contributed by atoms with Crippen LogP contribution < -0.4 is 0 Å². The van der Waals surface area contributed by atoms with Crippen LogP contribution in [0.5, 0.6) is 0 Å². The van der Waals surface area contributed by atoms with E-state index in [4.69, 9.17) is 5.11 Å². The topological polar surface area (TPSA) is 55.1 Å². The number of aliphatic carboxylic acids is 1. The number of aromatic nitrogens is 2. The summed E-state index contributed by atoms with van der Waals surface area (Å²) in [6.07, 6.45) is 1.91. The highest BCUT2D eigenvalue weighted by Crippen LogP contribution is 2.63. The van der Waals surface area contributed by atoms with Crippen molar-refractivity contribution in [3.05, 3.63) is 18.0 Å². The number of carboxylic acids is 1. The lowest BCUT2D eigenvalue weighted by atomic mass is 10.1. The summed E-state index contributed by atoms with van der Waals surface area (Å²) >= 11 is 0. The normalized spacial score (nSPS) is 27.7. The third-order valence-corrected chi connectivity index (χ3v) is 3.40. The van der Waals surface area contributed by atoms with E-state index >= 15 is 0 Å². The van der Waals surface area contributed by atoms with Crippen LogP contribution in [0.4, 0.5) is 0 Å². The molecule has 2 atom stereocenters. The van der Waals surface area contributed by atoms with Gasteiger partial charge in [-0.15, -0.1) is 0 Å². The molecule has 1 N–H and O–H groups in total. The molecule has 0 unspecified atom stereocenters. The average Bonchev–Trinajstić information content (AvgIpc) is 2.59. The molecule has 2 rings (SSSR count). The minimum Gasteiger partial charge on any atom is -0.481 e. The second-order valence-electron chi connectivity index (χ2n) is 4.71. The largest absolute Gasteiger partial charge is 0.481 e. The van der Waals surface area contributed by atoms with Crippen molar-refractivity contribution in [2.24, 2.45) is 11.3 Å². The molecule has 1 fully saturated rings. The minimum atomic E-state index is -0.712. The number of hydrogen-bond donors (Lipinski definition) is 1. The molecule has 0 saturated heterocycles. The van der Waals surface area contributed by atoms with Crippen LogP contribution in [-0.4, -0.2) is 20.9 Å². The van der Waals surface area contributed by atoms with Gasteiger partial charge in [0.25, 0.3) is 0 Å². The van der Waals surface area contributed by atoms with Crippen LogP contribution in [0.2, 0.25) is 0 Å². The number of carbonyl (C=O) groups is 1. The monoisotopic (exact) mass is 208 g/mol. The molecule has 0 aromatic carbocycles. The van der Waals surface area contributed by atoms with Crippen LogP contribution in [0.25, 0.3) is 0 Å². The highest BCUT2D eigenvalue weighted by atomic mass is 16.4. The quantitative estimate of drug-likeness (QED) is 0.823. The molecular weight excluding hydrogens is 192 g/mol. The Bertz CT molecular complexity index is 395. The molecule has 0 radical (unpaired) electrons. The molecule has 1 aliphatic carbocycles. The highest BCUT2D eigenvalue weighted by molar-refractivity contribution is 5.77. The van der Waals surface area contributed by atoms with E-state index in [1.165, 1.54) is 0 Å². The third kappa shape index (κ3) is 1.44. The molecule has 4 heteroatoms. The molecule has 1 saturated carbocycles. The van der Waals surface area contributed by atoms with E-state index in [9.17, 15) is 4.79 Å². The summed E-state index contributed by atoms with van der Waals surface area (Å²) in [5.41, 5.74) is 0.757. The van der Waals surface area contributed by atoms with Crippen molar-refractivity contribution in [1.29, 1.82) is 0 Å². The molecule has 0 amide bonds.